The smallest absolute Gasteiger partial charge is 0.217 e. The zero-order valence-corrected chi connectivity index (χ0v) is 11.5. The lowest BCUT2D eigenvalue weighted by Crippen LogP contribution is -2.39. The Kier molecular flexibility index (Phi) is 5.48. The van der Waals surface area contributed by atoms with E-state index in [1.54, 1.807) is 0 Å². The topological polar surface area (TPSA) is 55.1 Å². The molecular formula is C15H28N2O. The second-order valence-corrected chi connectivity index (χ2v) is 6.19. The summed E-state index contributed by atoms with van der Waals surface area (Å²) in [6, 6.07) is 0.734. The Morgan fingerprint density at radius 2 is 1.83 bits per heavy atom. The van der Waals surface area contributed by atoms with Crippen LogP contribution >= 0.6 is 0 Å². The van der Waals surface area contributed by atoms with Gasteiger partial charge in [-0.2, -0.15) is 0 Å². The van der Waals surface area contributed by atoms with E-state index in [9.17, 15) is 4.79 Å². The number of rotatable bonds is 6. The van der Waals surface area contributed by atoms with Crippen LogP contribution in [0.2, 0.25) is 0 Å². The SMILES string of the molecule is NC(=O)CCCCNC1CCC2CCCCC2C1. The fourth-order valence-electron chi connectivity index (χ4n) is 3.79. The van der Waals surface area contributed by atoms with Crippen molar-refractivity contribution in [2.75, 3.05) is 6.54 Å². The summed E-state index contributed by atoms with van der Waals surface area (Å²) < 4.78 is 0. The summed E-state index contributed by atoms with van der Waals surface area (Å²) >= 11 is 0. The van der Waals surface area contributed by atoms with Gasteiger partial charge in [-0.05, 0) is 50.5 Å². The first-order chi connectivity index (χ1) is 8.75. The van der Waals surface area contributed by atoms with Crippen LogP contribution in [0.1, 0.15) is 64.2 Å². The molecule has 0 saturated heterocycles. The molecule has 0 heterocycles. The van der Waals surface area contributed by atoms with Crippen LogP contribution in [-0.2, 0) is 4.79 Å². The summed E-state index contributed by atoms with van der Waals surface area (Å²) in [5.74, 6) is 1.86. The minimum atomic E-state index is -0.169. The lowest BCUT2D eigenvalue weighted by atomic mass is 9.69. The molecule has 3 N–H and O–H groups in total. The maximum Gasteiger partial charge on any atom is 0.217 e. The van der Waals surface area contributed by atoms with Gasteiger partial charge in [-0.3, -0.25) is 4.79 Å². The Morgan fingerprint density at radius 3 is 2.61 bits per heavy atom. The largest absolute Gasteiger partial charge is 0.370 e. The van der Waals surface area contributed by atoms with E-state index in [4.69, 9.17) is 5.73 Å². The van der Waals surface area contributed by atoms with Crippen molar-refractivity contribution in [1.82, 2.24) is 5.32 Å². The van der Waals surface area contributed by atoms with Gasteiger partial charge in [0.1, 0.15) is 0 Å². The summed E-state index contributed by atoms with van der Waals surface area (Å²) in [6.45, 7) is 1.05. The number of carbonyl (C=O) groups is 1. The second kappa shape index (κ2) is 7.13. The monoisotopic (exact) mass is 252 g/mol. The fraction of sp³-hybridized carbons (Fsp3) is 0.933. The van der Waals surface area contributed by atoms with E-state index in [2.05, 4.69) is 5.32 Å². The van der Waals surface area contributed by atoms with E-state index in [0.29, 0.717) is 6.42 Å². The highest BCUT2D eigenvalue weighted by molar-refractivity contribution is 5.73. The number of primary amides is 1. The average molecular weight is 252 g/mol. The van der Waals surface area contributed by atoms with E-state index >= 15 is 0 Å². The molecular weight excluding hydrogens is 224 g/mol. The lowest BCUT2D eigenvalue weighted by Gasteiger charge is -2.39. The summed E-state index contributed by atoms with van der Waals surface area (Å²) in [7, 11) is 0. The molecule has 18 heavy (non-hydrogen) atoms. The van der Waals surface area contributed by atoms with Crippen molar-refractivity contribution in [2.45, 2.75) is 70.3 Å². The number of carbonyl (C=O) groups excluding carboxylic acids is 1. The number of fused-ring (bicyclic) bond motifs is 1. The molecule has 0 radical (unpaired) electrons. The van der Waals surface area contributed by atoms with Crippen molar-refractivity contribution < 1.29 is 4.79 Å². The normalized spacial score (nSPS) is 31.9. The predicted molar refractivity (Wildman–Crippen MR) is 74.1 cm³/mol. The Balaban J connectivity index is 1.58. The molecule has 0 aromatic rings. The molecule has 1 amide bonds. The number of hydrogen-bond acceptors (Lipinski definition) is 2. The van der Waals surface area contributed by atoms with Gasteiger partial charge in [0, 0.05) is 12.5 Å². The molecule has 3 heteroatoms. The van der Waals surface area contributed by atoms with Crippen molar-refractivity contribution in [2.24, 2.45) is 17.6 Å². The highest BCUT2D eigenvalue weighted by atomic mass is 16.1. The van der Waals surface area contributed by atoms with Crippen LogP contribution in [0.15, 0.2) is 0 Å². The molecule has 2 fully saturated rings. The molecule has 0 aliphatic heterocycles. The lowest BCUT2D eigenvalue weighted by molar-refractivity contribution is -0.118. The van der Waals surface area contributed by atoms with Gasteiger partial charge < -0.3 is 11.1 Å². The van der Waals surface area contributed by atoms with Gasteiger partial charge >= 0.3 is 0 Å². The maximum atomic E-state index is 10.6. The molecule has 2 aliphatic rings. The first-order valence-corrected chi connectivity index (χ1v) is 7.77. The van der Waals surface area contributed by atoms with E-state index in [1.807, 2.05) is 0 Å². The Bertz CT molecular complexity index is 267. The van der Waals surface area contributed by atoms with Crippen molar-refractivity contribution in [3.8, 4) is 0 Å². The Morgan fingerprint density at radius 1 is 1.06 bits per heavy atom. The van der Waals surface area contributed by atoms with E-state index in [0.717, 1.165) is 37.3 Å². The van der Waals surface area contributed by atoms with Crippen LogP contribution in [0.3, 0.4) is 0 Å². The van der Waals surface area contributed by atoms with E-state index in [1.165, 1.54) is 44.9 Å². The van der Waals surface area contributed by atoms with Crippen LogP contribution < -0.4 is 11.1 Å². The molecule has 2 aliphatic carbocycles. The molecule has 3 nitrogen and oxygen atoms in total. The van der Waals surface area contributed by atoms with E-state index < -0.39 is 0 Å². The van der Waals surface area contributed by atoms with Crippen LogP contribution in [0.5, 0.6) is 0 Å². The third-order valence-corrected chi connectivity index (χ3v) is 4.82. The molecule has 2 saturated carbocycles. The van der Waals surface area contributed by atoms with Crippen LogP contribution in [0.25, 0.3) is 0 Å². The minimum absolute atomic E-state index is 0.169. The first kappa shape index (κ1) is 13.9. The number of hydrogen-bond donors (Lipinski definition) is 2. The van der Waals surface area contributed by atoms with Crippen molar-refractivity contribution >= 4 is 5.91 Å². The molecule has 0 spiro atoms. The van der Waals surface area contributed by atoms with Crippen molar-refractivity contribution in [3.05, 3.63) is 0 Å². The fourth-order valence-corrected chi connectivity index (χ4v) is 3.79. The second-order valence-electron chi connectivity index (χ2n) is 6.19. The molecule has 3 unspecified atom stereocenters. The highest BCUT2D eigenvalue weighted by Crippen LogP contribution is 2.40. The van der Waals surface area contributed by atoms with E-state index in [-0.39, 0.29) is 5.91 Å². The summed E-state index contributed by atoms with van der Waals surface area (Å²) in [6.07, 6.45) is 12.6. The molecule has 0 aromatic carbocycles. The number of unbranched alkanes of at least 4 members (excludes halogenated alkanes) is 1. The van der Waals surface area contributed by atoms with Crippen LogP contribution in [0, 0.1) is 11.8 Å². The number of nitrogens with one attached hydrogen (secondary N) is 1. The summed E-state index contributed by atoms with van der Waals surface area (Å²) in [5, 5.41) is 3.68. The maximum absolute atomic E-state index is 10.6. The van der Waals surface area contributed by atoms with Gasteiger partial charge in [-0.25, -0.2) is 0 Å². The molecule has 3 atom stereocenters. The first-order valence-electron chi connectivity index (χ1n) is 7.77. The number of amides is 1. The zero-order valence-electron chi connectivity index (χ0n) is 11.5. The highest BCUT2D eigenvalue weighted by Gasteiger charge is 2.31. The van der Waals surface area contributed by atoms with Gasteiger partial charge in [-0.1, -0.05) is 25.7 Å². The average Bonchev–Trinajstić information content (AvgIpc) is 2.38. The number of nitrogens with two attached hydrogens (primary N) is 1. The van der Waals surface area contributed by atoms with Crippen LogP contribution in [0.4, 0.5) is 0 Å². The van der Waals surface area contributed by atoms with Gasteiger partial charge in [0.05, 0.1) is 0 Å². The standard InChI is InChI=1S/C15H28N2O/c16-15(18)7-3-4-10-17-14-9-8-12-5-1-2-6-13(12)11-14/h12-14,17H,1-11H2,(H2,16,18). The molecule has 0 aromatic heterocycles. The van der Waals surface area contributed by atoms with Crippen molar-refractivity contribution in [3.63, 3.8) is 0 Å². The molecule has 2 rings (SSSR count). The Labute approximate surface area is 111 Å². The molecule has 104 valence electrons. The van der Waals surface area contributed by atoms with Gasteiger partial charge in [-0.15, -0.1) is 0 Å². The van der Waals surface area contributed by atoms with Gasteiger partial charge in [0.2, 0.25) is 5.91 Å². The quantitative estimate of drug-likeness (QED) is 0.714. The third kappa shape index (κ3) is 4.27. The Hall–Kier alpha value is -0.570. The summed E-state index contributed by atoms with van der Waals surface area (Å²) in [4.78, 5) is 10.6. The van der Waals surface area contributed by atoms with Gasteiger partial charge in [0.15, 0.2) is 0 Å². The predicted octanol–water partition coefficient (Wildman–Crippen LogP) is 2.59. The van der Waals surface area contributed by atoms with Crippen molar-refractivity contribution in [1.29, 1.82) is 0 Å². The van der Waals surface area contributed by atoms with Gasteiger partial charge in [0.25, 0.3) is 0 Å². The zero-order chi connectivity index (χ0) is 12.8. The third-order valence-electron chi connectivity index (χ3n) is 4.82. The minimum Gasteiger partial charge on any atom is -0.370 e. The molecule has 0 bridgehead atoms. The van der Waals surface area contributed by atoms with Crippen LogP contribution in [-0.4, -0.2) is 18.5 Å². The summed E-state index contributed by atoms with van der Waals surface area (Å²) in [5.41, 5.74) is 5.13.